The van der Waals surface area contributed by atoms with Gasteiger partial charge in [0, 0.05) is 14.7 Å². The summed E-state index contributed by atoms with van der Waals surface area (Å²) in [5.41, 5.74) is 0. The highest BCUT2D eigenvalue weighted by Gasteiger charge is 2.27. The smallest absolute Gasteiger partial charge is 0.367 e. The monoisotopic (exact) mass is 274 g/mol. The molecule has 13 heavy (non-hydrogen) atoms. The zero-order valence-corrected chi connectivity index (χ0v) is 8.80. The van der Waals surface area contributed by atoms with Gasteiger partial charge in [-0.25, -0.2) is 0 Å². The van der Waals surface area contributed by atoms with E-state index in [1.807, 2.05) is 0 Å². The molecule has 1 aromatic rings. The van der Waals surface area contributed by atoms with Crippen LogP contribution in [0.1, 0.15) is 4.88 Å². The van der Waals surface area contributed by atoms with E-state index in [9.17, 15) is 13.2 Å². The summed E-state index contributed by atoms with van der Waals surface area (Å²) in [4.78, 5) is 0.774. The minimum Gasteiger partial charge on any atom is -0.367 e. The molecule has 0 N–H and O–H groups in total. The van der Waals surface area contributed by atoms with Crippen molar-refractivity contribution in [2.24, 2.45) is 0 Å². The Bertz CT molecular complexity index is 271. The lowest BCUT2D eigenvalue weighted by atomic mass is 10.5. The van der Waals surface area contributed by atoms with E-state index in [0.29, 0.717) is 0 Å². The minimum absolute atomic E-state index is 0.00970. The van der Waals surface area contributed by atoms with E-state index in [4.69, 9.17) is 0 Å². The number of rotatable bonds is 3. The van der Waals surface area contributed by atoms with Crippen molar-refractivity contribution in [2.75, 3.05) is 6.61 Å². The van der Waals surface area contributed by atoms with Crippen molar-refractivity contribution < 1.29 is 17.9 Å². The Hall–Kier alpha value is -0.0700. The molecule has 0 aliphatic heterocycles. The first-order chi connectivity index (χ1) is 5.97. The molecule has 0 aromatic carbocycles. The Balaban J connectivity index is 2.28. The molecule has 1 rings (SSSR count). The maximum Gasteiger partial charge on any atom is 0.411 e. The Kier molecular flexibility index (Phi) is 3.75. The molecule has 1 aromatic heterocycles. The van der Waals surface area contributed by atoms with E-state index in [0.717, 1.165) is 9.35 Å². The molecule has 0 radical (unpaired) electrons. The Morgan fingerprint density at radius 1 is 1.46 bits per heavy atom. The topological polar surface area (TPSA) is 9.23 Å². The second-order valence-corrected chi connectivity index (χ2v) is 4.25. The maximum absolute atomic E-state index is 11.6. The van der Waals surface area contributed by atoms with Gasteiger partial charge in [0.05, 0.1) is 6.61 Å². The highest BCUT2D eigenvalue weighted by Crippen LogP contribution is 2.21. The van der Waals surface area contributed by atoms with Crippen LogP contribution >= 0.6 is 27.3 Å². The fourth-order valence-corrected chi connectivity index (χ4v) is 2.08. The van der Waals surface area contributed by atoms with Gasteiger partial charge in [0.2, 0.25) is 0 Å². The third kappa shape index (κ3) is 4.64. The molecule has 1 heterocycles. The number of ether oxygens (including phenoxy) is 1. The van der Waals surface area contributed by atoms with Gasteiger partial charge in [-0.05, 0) is 22.0 Å². The van der Waals surface area contributed by atoms with Crippen LogP contribution in [0, 0.1) is 0 Å². The van der Waals surface area contributed by atoms with Crippen LogP contribution in [0.25, 0.3) is 0 Å². The molecule has 1 nitrogen and oxygen atoms in total. The van der Waals surface area contributed by atoms with Crippen molar-refractivity contribution in [3.05, 3.63) is 20.8 Å². The average Bonchev–Trinajstić information content (AvgIpc) is 2.33. The van der Waals surface area contributed by atoms with E-state index in [1.54, 1.807) is 11.4 Å². The van der Waals surface area contributed by atoms with Crippen molar-refractivity contribution in [1.29, 1.82) is 0 Å². The van der Waals surface area contributed by atoms with E-state index >= 15 is 0 Å². The molecule has 0 spiro atoms. The van der Waals surface area contributed by atoms with Crippen molar-refractivity contribution in [3.8, 4) is 0 Å². The summed E-state index contributed by atoms with van der Waals surface area (Å²) in [6, 6.07) is 1.74. The Morgan fingerprint density at radius 2 is 2.15 bits per heavy atom. The summed E-state index contributed by atoms with van der Waals surface area (Å²) in [6.07, 6.45) is -4.24. The summed E-state index contributed by atoms with van der Waals surface area (Å²) in [5.74, 6) is 0. The van der Waals surface area contributed by atoms with Crippen LogP contribution in [0.2, 0.25) is 0 Å². The lowest BCUT2D eigenvalue weighted by molar-refractivity contribution is -0.176. The molecule has 6 heteroatoms. The third-order valence-electron chi connectivity index (χ3n) is 1.13. The van der Waals surface area contributed by atoms with Crippen molar-refractivity contribution >= 4 is 27.3 Å². The molecule has 0 unspecified atom stereocenters. The van der Waals surface area contributed by atoms with Crippen LogP contribution in [0.4, 0.5) is 13.2 Å². The van der Waals surface area contributed by atoms with Crippen LogP contribution in [-0.2, 0) is 11.3 Å². The van der Waals surface area contributed by atoms with E-state index in [2.05, 4.69) is 20.7 Å². The molecule has 0 atom stereocenters. The summed E-state index contributed by atoms with van der Waals surface area (Å²) < 4.78 is 40.2. The molecule has 0 saturated carbocycles. The third-order valence-corrected chi connectivity index (χ3v) is 2.80. The van der Waals surface area contributed by atoms with Crippen molar-refractivity contribution in [1.82, 2.24) is 0 Å². The maximum atomic E-state index is 11.6. The highest BCUT2D eigenvalue weighted by molar-refractivity contribution is 9.10. The summed E-state index contributed by atoms with van der Waals surface area (Å²) in [7, 11) is 0. The van der Waals surface area contributed by atoms with Crippen LogP contribution in [0.15, 0.2) is 15.9 Å². The van der Waals surface area contributed by atoms with Crippen LogP contribution in [0.3, 0.4) is 0 Å². The first-order valence-electron chi connectivity index (χ1n) is 3.35. The van der Waals surface area contributed by atoms with Gasteiger partial charge in [0.25, 0.3) is 0 Å². The van der Waals surface area contributed by atoms with Gasteiger partial charge in [-0.2, -0.15) is 13.2 Å². The molecular weight excluding hydrogens is 269 g/mol. The van der Waals surface area contributed by atoms with Gasteiger partial charge in [0.1, 0.15) is 6.61 Å². The SMILES string of the molecule is FC(F)(F)COCc1cc(Br)cs1. The van der Waals surface area contributed by atoms with Crippen LogP contribution < -0.4 is 0 Å². The molecule has 0 saturated heterocycles. The van der Waals surface area contributed by atoms with Crippen molar-refractivity contribution in [2.45, 2.75) is 12.8 Å². The summed E-state index contributed by atoms with van der Waals surface area (Å²) >= 11 is 4.56. The van der Waals surface area contributed by atoms with Gasteiger partial charge in [-0.3, -0.25) is 0 Å². The number of alkyl halides is 3. The predicted molar refractivity (Wildman–Crippen MR) is 47.7 cm³/mol. The summed E-state index contributed by atoms with van der Waals surface area (Å²) in [5, 5.41) is 1.80. The number of hydrogen-bond acceptors (Lipinski definition) is 2. The van der Waals surface area contributed by atoms with Gasteiger partial charge in [-0.15, -0.1) is 11.3 Å². The number of halogens is 4. The van der Waals surface area contributed by atoms with E-state index in [-0.39, 0.29) is 6.61 Å². The fourth-order valence-electron chi connectivity index (χ4n) is 0.697. The van der Waals surface area contributed by atoms with Gasteiger partial charge < -0.3 is 4.74 Å². The van der Waals surface area contributed by atoms with E-state index in [1.165, 1.54) is 11.3 Å². The van der Waals surface area contributed by atoms with Gasteiger partial charge in [-0.1, -0.05) is 0 Å². The predicted octanol–water partition coefficient (Wildman–Crippen LogP) is 3.59. The van der Waals surface area contributed by atoms with E-state index < -0.39 is 12.8 Å². The largest absolute Gasteiger partial charge is 0.411 e. The van der Waals surface area contributed by atoms with Crippen LogP contribution in [-0.4, -0.2) is 12.8 Å². The number of thiophene rings is 1. The number of hydrogen-bond donors (Lipinski definition) is 0. The molecule has 0 bridgehead atoms. The second-order valence-electron chi connectivity index (χ2n) is 2.34. The molecule has 0 fully saturated rings. The fraction of sp³-hybridized carbons (Fsp3) is 0.429. The zero-order chi connectivity index (χ0) is 9.90. The lowest BCUT2D eigenvalue weighted by Gasteiger charge is -2.05. The Morgan fingerprint density at radius 3 is 2.62 bits per heavy atom. The first kappa shape index (κ1) is 11.0. The molecule has 74 valence electrons. The standard InChI is InChI=1S/C7H6BrF3OS/c8-5-1-6(13-3-5)2-12-4-7(9,10)11/h1,3H,2,4H2. The molecule has 0 aliphatic carbocycles. The second kappa shape index (κ2) is 4.43. The Labute approximate surface area is 85.6 Å². The highest BCUT2D eigenvalue weighted by atomic mass is 79.9. The summed E-state index contributed by atoms with van der Waals surface area (Å²) in [6.45, 7) is -1.18. The van der Waals surface area contributed by atoms with Crippen LogP contribution in [0.5, 0.6) is 0 Å². The lowest BCUT2D eigenvalue weighted by Crippen LogP contribution is -2.16. The quantitative estimate of drug-likeness (QED) is 0.819. The minimum atomic E-state index is -4.24. The van der Waals surface area contributed by atoms with Crippen molar-refractivity contribution in [3.63, 3.8) is 0 Å². The molecule has 0 amide bonds. The zero-order valence-electron chi connectivity index (χ0n) is 6.40. The normalized spacial score (nSPS) is 12.0. The molecule has 0 aliphatic rings. The van der Waals surface area contributed by atoms with Gasteiger partial charge >= 0.3 is 6.18 Å². The average molecular weight is 275 g/mol. The molecular formula is C7H6BrF3OS. The van der Waals surface area contributed by atoms with Gasteiger partial charge in [0.15, 0.2) is 0 Å². The first-order valence-corrected chi connectivity index (χ1v) is 5.02.